The quantitative estimate of drug-likeness (QED) is 0.0241. The molecule has 0 saturated heterocycles. The maximum atomic E-state index is 16.3. The van der Waals surface area contributed by atoms with Crippen molar-refractivity contribution < 1.29 is 114 Å². The number of methoxy groups -OCH3 is 1. The second kappa shape index (κ2) is 26.9. The maximum absolute atomic E-state index is 16.3. The van der Waals surface area contributed by atoms with Crippen molar-refractivity contribution in [3.63, 3.8) is 0 Å². The first-order valence-corrected chi connectivity index (χ1v) is 30.2. The van der Waals surface area contributed by atoms with Crippen LogP contribution in [0.2, 0.25) is 0 Å². The molecule has 6 aromatic carbocycles. The average Bonchev–Trinajstić information content (AvgIpc) is 3.42. The molecule has 0 heterocycles. The highest BCUT2D eigenvalue weighted by Crippen LogP contribution is 2.46. The van der Waals surface area contributed by atoms with E-state index >= 15 is 35.1 Å². The zero-order valence-corrected chi connectivity index (χ0v) is 48.0. The third-order valence-corrected chi connectivity index (χ3v) is 17.2. The molecular weight excluding hydrogens is 1190 g/mol. The van der Waals surface area contributed by atoms with Gasteiger partial charge in [0, 0.05) is 56.4 Å². The van der Waals surface area contributed by atoms with E-state index in [0.717, 1.165) is 48.5 Å². The van der Waals surface area contributed by atoms with E-state index in [4.69, 9.17) is 45.2 Å². The molecule has 0 bridgehead atoms. The van der Waals surface area contributed by atoms with Gasteiger partial charge in [0.15, 0.2) is 23.3 Å². The number of hydrogen-bond acceptors (Lipinski definition) is 18. The van der Waals surface area contributed by atoms with Gasteiger partial charge in [-0.3, -0.25) is 16.7 Å². The summed E-state index contributed by atoms with van der Waals surface area (Å²) in [5, 5.41) is -1.53. The smallest absolute Gasteiger partial charge is 0.297 e. The Morgan fingerprint density at radius 3 is 1.00 bits per heavy atom. The van der Waals surface area contributed by atoms with Gasteiger partial charge in [0.05, 0.1) is 74.9 Å². The third-order valence-electron chi connectivity index (χ3n) is 11.6. The highest BCUT2D eigenvalue weighted by Gasteiger charge is 2.37. The highest BCUT2D eigenvalue weighted by atomic mass is 32.2. The second-order valence-corrected chi connectivity index (χ2v) is 24.2. The van der Waals surface area contributed by atoms with Gasteiger partial charge in [-0.25, -0.2) is 17.6 Å². The van der Waals surface area contributed by atoms with Crippen LogP contribution >= 0.6 is 0 Å². The molecule has 0 fully saturated rings. The van der Waals surface area contributed by atoms with Gasteiger partial charge in [0.25, 0.3) is 40.5 Å². The fourth-order valence-electron chi connectivity index (χ4n) is 7.76. The molecule has 18 nitrogen and oxygen atoms in total. The molecule has 4 unspecified atom stereocenters. The van der Waals surface area contributed by atoms with E-state index in [9.17, 15) is 33.7 Å². The summed E-state index contributed by atoms with van der Waals surface area (Å²) >= 11 is 0. The molecule has 4 atom stereocenters. The van der Waals surface area contributed by atoms with E-state index in [1.807, 2.05) is 0 Å². The molecular formula is C52H54F8O18S4. The topological polar surface area (TPSA) is 229 Å². The van der Waals surface area contributed by atoms with Crippen molar-refractivity contribution in [2.75, 3.05) is 53.4 Å². The molecule has 0 aliphatic rings. The second-order valence-electron chi connectivity index (χ2n) is 17.9. The van der Waals surface area contributed by atoms with Gasteiger partial charge in [0.1, 0.15) is 11.5 Å². The van der Waals surface area contributed by atoms with Gasteiger partial charge in [-0.1, -0.05) is 0 Å². The molecule has 0 aliphatic heterocycles. The van der Waals surface area contributed by atoms with Crippen LogP contribution in [0.5, 0.6) is 23.0 Å². The van der Waals surface area contributed by atoms with Crippen molar-refractivity contribution in [3.05, 3.63) is 107 Å². The minimum atomic E-state index is -4.96. The molecule has 0 N–H and O–H groups in total. The van der Waals surface area contributed by atoms with Crippen LogP contribution in [0.4, 0.5) is 35.1 Å². The largest absolute Gasteiger partial charge is 0.450 e. The summed E-state index contributed by atoms with van der Waals surface area (Å²) < 4.78 is 289. The normalized spacial score (nSPS) is 14.1. The van der Waals surface area contributed by atoms with Crippen molar-refractivity contribution in [1.82, 2.24) is 0 Å². The van der Waals surface area contributed by atoms with Gasteiger partial charge in [0.2, 0.25) is 34.8 Å². The monoisotopic (exact) mass is 1250 g/mol. The van der Waals surface area contributed by atoms with E-state index in [-0.39, 0.29) is 74.2 Å². The number of ether oxygens (including phenoxy) is 6. The fourth-order valence-corrected chi connectivity index (χ4v) is 12.3. The van der Waals surface area contributed by atoms with Crippen molar-refractivity contribution in [2.45, 2.75) is 98.9 Å². The Morgan fingerprint density at radius 1 is 0.402 bits per heavy atom. The van der Waals surface area contributed by atoms with Crippen molar-refractivity contribution in [2.24, 2.45) is 0 Å². The zero-order valence-electron chi connectivity index (χ0n) is 44.7. The zero-order chi connectivity index (χ0) is 60.8. The molecule has 0 radical (unpaired) electrons. The summed E-state index contributed by atoms with van der Waals surface area (Å²) in [5.74, 6) is -27.5. The minimum absolute atomic E-state index is 0.00441. The lowest BCUT2D eigenvalue weighted by Crippen LogP contribution is -2.21. The number of fused-ring (bicyclic) bond motifs is 2. The molecule has 30 heteroatoms. The van der Waals surface area contributed by atoms with Gasteiger partial charge < -0.3 is 28.4 Å². The standard InChI is InChI=1S/C52H54F8O18S4/c1-9-70-24-28(5)76-79(61,62)33-12-14-37-31(18-33)20-35(81(65,66)75-27(4)16-17-69-8)22-39(37)73-51-47(57)43(53)41(44(54)48(51)58)42-45(55)49(59)52(50(60)46(42)56)74-40-23-36(82(67,68)78-30(7)26-72-11-3)21-32-19-34(13-15-38(32)40)80(63,64)77-29(6)25-71-10-2/h12-15,18-23,27-30H,9-11,16-17,24-26H2,1-8H3. The summed E-state index contributed by atoms with van der Waals surface area (Å²) in [6.07, 6.45) is -4.35. The van der Waals surface area contributed by atoms with E-state index in [1.165, 1.54) is 34.8 Å². The molecule has 6 aromatic rings. The Labute approximate surface area is 467 Å². The van der Waals surface area contributed by atoms with Crippen LogP contribution in [0.15, 0.2) is 80.2 Å². The SMILES string of the molecule is CCOCC(C)OS(=O)(=O)c1ccc2c(Oc3c(F)c(F)c(-c4c(F)c(F)c(Oc5cc(S(=O)(=O)OC(C)COCC)cc6cc(S(=O)(=O)OC(C)COCC)ccc56)c(F)c4F)c(F)c3F)cc(S(=O)(=O)OC(C)CCOC)cc2c1. The molecule has 0 aliphatic carbocycles. The number of halogens is 8. The average molecular weight is 1250 g/mol. The Bertz CT molecular complexity index is 3500. The van der Waals surface area contributed by atoms with Gasteiger partial charge in [-0.05, 0) is 114 Å². The molecule has 0 amide bonds. The summed E-state index contributed by atoms with van der Waals surface area (Å²) in [6, 6.07) is 8.19. The van der Waals surface area contributed by atoms with Crippen LogP contribution in [0.25, 0.3) is 32.7 Å². The number of rotatable bonds is 29. The van der Waals surface area contributed by atoms with Crippen LogP contribution in [-0.4, -0.2) is 111 Å². The van der Waals surface area contributed by atoms with Crippen LogP contribution in [0.3, 0.4) is 0 Å². The summed E-state index contributed by atoms with van der Waals surface area (Å²) in [7, 11) is -17.9. The minimum Gasteiger partial charge on any atom is -0.450 e. The third kappa shape index (κ3) is 14.8. The van der Waals surface area contributed by atoms with Crippen LogP contribution in [-0.2, 0) is 76.2 Å². The van der Waals surface area contributed by atoms with Crippen LogP contribution < -0.4 is 9.47 Å². The molecule has 82 heavy (non-hydrogen) atoms. The molecule has 0 aromatic heterocycles. The first-order valence-electron chi connectivity index (χ1n) is 24.6. The Hall–Kier alpha value is -5.64. The fraction of sp³-hybridized carbons (Fsp3) is 0.385. The van der Waals surface area contributed by atoms with Crippen molar-refractivity contribution in [3.8, 4) is 34.1 Å². The summed E-state index contributed by atoms with van der Waals surface area (Å²) in [6.45, 7) is 10.2. The highest BCUT2D eigenvalue weighted by molar-refractivity contribution is 7.87. The van der Waals surface area contributed by atoms with E-state index in [0.29, 0.717) is 12.1 Å². The molecule has 0 saturated carbocycles. The number of benzene rings is 6. The van der Waals surface area contributed by atoms with E-state index in [2.05, 4.69) is 0 Å². The van der Waals surface area contributed by atoms with Crippen LogP contribution in [0, 0.1) is 46.5 Å². The lowest BCUT2D eigenvalue weighted by Gasteiger charge is -2.19. The summed E-state index contributed by atoms with van der Waals surface area (Å²) in [5.41, 5.74) is -4.78. The van der Waals surface area contributed by atoms with Crippen molar-refractivity contribution in [1.29, 1.82) is 0 Å². The predicted octanol–water partition coefficient (Wildman–Crippen LogP) is 10.9. The predicted molar refractivity (Wildman–Crippen MR) is 276 cm³/mol. The van der Waals surface area contributed by atoms with E-state index in [1.54, 1.807) is 20.8 Å². The van der Waals surface area contributed by atoms with Gasteiger partial charge >= 0.3 is 0 Å². The van der Waals surface area contributed by atoms with Crippen molar-refractivity contribution >= 4 is 62.0 Å². The lowest BCUT2D eigenvalue weighted by molar-refractivity contribution is 0.0689. The molecule has 6 rings (SSSR count). The Balaban J connectivity index is 1.47. The lowest BCUT2D eigenvalue weighted by atomic mass is 10.0. The summed E-state index contributed by atoms with van der Waals surface area (Å²) in [4.78, 5) is -2.96. The molecule has 0 spiro atoms. The van der Waals surface area contributed by atoms with Crippen LogP contribution in [0.1, 0.15) is 54.9 Å². The molecule has 450 valence electrons. The Kier molecular flexibility index (Phi) is 21.5. The Morgan fingerprint density at radius 2 is 0.695 bits per heavy atom. The van der Waals surface area contributed by atoms with Gasteiger partial charge in [-0.15, -0.1) is 0 Å². The first-order chi connectivity index (χ1) is 38.4. The van der Waals surface area contributed by atoms with E-state index < -0.39 is 165 Å². The maximum Gasteiger partial charge on any atom is 0.297 e. The number of hydrogen-bond donors (Lipinski definition) is 0. The van der Waals surface area contributed by atoms with Gasteiger partial charge in [-0.2, -0.15) is 51.2 Å². The first kappa shape index (κ1) is 65.5.